The quantitative estimate of drug-likeness (QED) is 0.870. The molecule has 2 aromatic carbocycles. The number of urea groups is 1. The number of aryl methyl sites for hydroxylation is 1. The zero-order valence-corrected chi connectivity index (χ0v) is 15.8. The number of anilines is 1. The van der Waals surface area contributed by atoms with Crippen molar-refractivity contribution in [3.8, 4) is 0 Å². The number of hydrogen-bond acceptors (Lipinski definition) is 2. The molecule has 0 atom stereocenters. The highest BCUT2D eigenvalue weighted by atomic mass is 35.5. The van der Waals surface area contributed by atoms with Gasteiger partial charge in [-0.1, -0.05) is 29.8 Å². The number of hydrogen-bond donors (Lipinski definition) is 1. The van der Waals surface area contributed by atoms with E-state index in [9.17, 15) is 14.0 Å². The molecule has 0 saturated carbocycles. The van der Waals surface area contributed by atoms with Gasteiger partial charge in [0.15, 0.2) is 0 Å². The molecule has 1 heterocycles. The first-order chi connectivity index (χ1) is 12.9. The van der Waals surface area contributed by atoms with Gasteiger partial charge in [0.2, 0.25) is 5.91 Å². The minimum Gasteiger partial charge on any atom is -0.339 e. The molecule has 1 N–H and O–H groups in total. The van der Waals surface area contributed by atoms with Crippen LogP contribution in [0.4, 0.5) is 14.9 Å². The third-order valence-electron chi connectivity index (χ3n) is 4.58. The van der Waals surface area contributed by atoms with Crippen LogP contribution in [0, 0.1) is 12.7 Å². The molecular weight excluding hydrogens is 369 g/mol. The van der Waals surface area contributed by atoms with Crippen LogP contribution in [0.2, 0.25) is 5.02 Å². The third-order valence-corrected chi connectivity index (χ3v) is 4.93. The molecule has 142 valence electrons. The molecule has 3 amide bonds. The number of carbonyl (C=O) groups excluding carboxylic acids is 2. The van der Waals surface area contributed by atoms with Gasteiger partial charge in [-0.05, 0) is 36.8 Å². The number of halogens is 2. The Morgan fingerprint density at radius 3 is 2.41 bits per heavy atom. The van der Waals surface area contributed by atoms with Gasteiger partial charge in [0.1, 0.15) is 5.82 Å². The second-order valence-corrected chi connectivity index (χ2v) is 6.95. The Kier molecular flexibility index (Phi) is 5.96. The Bertz CT molecular complexity index is 831. The van der Waals surface area contributed by atoms with Gasteiger partial charge < -0.3 is 15.1 Å². The lowest BCUT2D eigenvalue weighted by Crippen LogP contribution is -2.52. The van der Waals surface area contributed by atoms with E-state index in [1.54, 1.807) is 15.9 Å². The van der Waals surface area contributed by atoms with E-state index in [0.29, 0.717) is 26.2 Å². The van der Waals surface area contributed by atoms with Gasteiger partial charge in [0, 0.05) is 42.5 Å². The predicted molar refractivity (Wildman–Crippen MR) is 103 cm³/mol. The van der Waals surface area contributed by atoms with E-state index in [0.717, 1.165) is 11.3 Å². The van der Waals surface area contributed by atoms with Crippen LogP contribution in [0.1, 0.15) is 11.1 Å². The fourth-order valence-electron chi connectivity index (χ4n) is 3.05. The molecule has 0 bridgehead atoms. The lowest BCUT2D eigenvalue weighted by Gasteiger charge is -2.34. The Morgan fingerprint density at radius 1 is 1.07 bits per heavy atom. The average molecular weight is 390 g/mol. The molecule has 0 aromatic heterocycles. The van der Waals surface area contributed by atoms with E-state index in [-0.39, 0.29) is 28.9 Å². The number of carbonyl (C=O) groups is 2. The third kappa shape index (κ3) is 4.77. The summed E-state index contributed by atoms with van der Waals surface area (Å²) in [6, 6.07) is 11.8. The SMILES string of the molecule is Cc1cccc(NC(=O)N2CCN(C(=O)Cc3c(F)cccc3Cl)CC2)c1. The number of amides is 3. The van der Waals surface area contributed by atoms with Crippen molar-refractivity contribution in [1.82, 2.24) is 9.80 Å². The van der Waals surface area contributed by atoms with E-state index < -0.39 is 5.82 Å². The first-order valence-electron chi connectivity index (χ1n) is 8.77. The first kappa shape index (κ1) is 19.2. The molecule has 1 saturated heterocycles. The van der Waals surface area contributed by atoms with Crippen LogP contribution < -0.4 is 5.32 Å². The molecule has 0 unspecified atom stereocenters. The molecule has 7 heteroatoms. The molecule has 1 aliphatic heterocycles. The number of nitrogens with one attached hydrogen (secondary N) is 1. The van der Waals surface area contributed by atoms with Gasteiger partial charge in [-0.25, -0.2) is 9.18 Å². The topological polar surface area (TPSA) is 52.7 Å². The fraction of sp³-hybridized carbons (Fsp3) is 0.300. The van der Waals surface area contributed by atoms with Crippen LogP contribution in [0.3, 0.4) is 0 Å². The van der Waals surface area contributed by atoms with Crippen LogP contribution in [-0.2, 0) is 11.2 Å². The molecule has 1 aliphatic rings. The van der Waals surface area contributed by atoms with Crippen LogP contribution in [-0.4, -0.2) is 47.9 Å². The summed E-state index contributed by atoms with van der Waals surface area (Å²) in [5, 5.41) is 3.12. The smallest absolute Gasteiger partial charge is 0.321 e. The summed E-state index contributed by atoms with van der Waals surface area (Å²) in [6.07, 6.45) is -0.0823. The van der Waals surface area contributed by atoms with E-state index in [1.165, 1.54) is 12.1 Å². The number of nitrogens with zero attached hydrogens (tertiary/aromatic N) is 2. The zero-order chi connectivity index (χ0) is 19.4. The summed E-state index contributed by atoms with van der Waals surface area (Å²) in [5.41, 5.74) is 2.02. The van der Waals surface area contributed by atoms with Crippen molar-refractivity contribution in [3.05, 3.63) is 64.4 Å². The fourth-order valence-corrected chi connectivity index (χ4v) is 3.28. The van der Waals surface area contributed by atoms with Crippen molar-refractivity contribution < 1.29 is 14.0 Å². The van der Waals surface area contributed by atoms with E-state index in [1.807, 2.05) is 31.2 Å². The Morgan fingerprint density at radius 2 is 1.74 bits per heavy atom. The van der Waals surface area contributed by atoms with Gasteiger partial charge in [-0.3, -0.25) is 4.79 Å². The summed E-state index contributed by atoms with van der Waals surface area (Å²) in [4.78, 5) is 28.1. The highest BCUT2D eigenvalue weighted by Crippen LogP contribution is 2.20. The van der Waals surface area contributed by atoms with E-state index >= 15 is 0 Å². The van der Waals surface area contributed by atoms with Crippen molar-refractivity contribution in [2.24, 2.45) is 0 Å². The maximum Gasteiger partial charge on any atom is 0.321 e. The standard InChI is InChI=1S/C20H21ClFN3O2/c1-14-4-2-5-15(12-14)23-20(27)25-10-8-24(9-11-25)19(26)13-16-17(21)6-3-7-18(16)22/h2-7,12H,8-11,13H2,1H3,(H,23,27). The molecule has 5 nitrogen and oxygen atoms in total. The molecule has 0 spiro atoms. The molecule has 2 aromatic rings. The van der Waals surface area contributed by atoms with Gasteiger partial charge in [-0.15, -0.1) is 0 Å². The van der Waals surface area contributed by atoms with Gasteiger partial charge >= 0.3 is 6.03 Å². The Labute approximate surface area is 162 Å². The lowest BCUT2D eigenvalue weighted by molar-refractivity contribution is -0.131. The summed E-state index contributed by atoms with van der Waals surface area (Å²) < 4.78 is 13.9. The highest BCUT2D eigenvalue weighted by molar-refractivity contribution is 6.31. The number of rotatable bonds is 3. The second-order valence-electron chi connectivity index (χ2n) is 6.54. The van der Waals surface area contributed by atoms with Crippen LogP contribution in [0.25, 0.3) is 0 Å². The van der Waals surface area contributed by atoms with Crippen molar-refractivity contribution in [2.75, 3.05) is 31.5 Å². The minimum absolute atomic E-state index is 0.0823. The van der Waals surface area contributed by atoms with Gasteiger partial charge in [0.05, 0.1) is 6.42 Å². The largest absolute Gasteiger partial charge is 0.339 e. The molecule has 0 aliphatic carbocycles. The predicted octanol–water partition coefficient (Wildman–Crippen LogP) is 3.71. The van der Waals surface area contributed by atoms with Crippen molar-refractivity contribution in [2.45, 2.75) is 13.3 Å². The lowest BCUT2D eigenvalue weighted by atomic mass is 10.1. The van der Waals surface area contributed by atoms with Crippen LogP contribution in [0.15, 0.2) is 42.5 Å². The number of piperazine rings is 1. The molecule has 3 rings (SSSR count). The van der Waals surface area contributed by atoms with Crippen molar-refractivity contribution >= 4 is 29.2 Å². The summed E-state index contributed by atoms with van der Waals surface area (Å²) in [6.45, 7) is 3.63. The zero-order valence-electron chi connectivity index (χ0n) is 15.0. The maximum absolute atomic E-state index is 13.9. The first-order valence-corrected chi connectivity index (χ1v) is 9.15. The maximum atomic E-state index is 13.9. The summed E-state index contributed by atoms with van der Waals surface area (Å²) in [5.74, 6) is -0.673. The molecular formula is C20H21ClFN3O2. The van der Waals surface area contributed by atoms with Crippen molar-refractivity contribution in [1.29, 1.82) is 0 Å². The molecule has 1 fully saturated rings. The van der Waals surface area contributed by atoms with Crippen LogP contribution in [0.5, 0.6) is 0 Å². The molecule has 0 radical (unpaired) electrons. The van der Waals surface area contributed by atoms with E-state index in [2.05, 4.69) is 5.32 Å². The highest BCUT2D eigenvalue weighted by Gasteiger charge is 2.25. The average Bonchev–Trinajstić information content (AvgIpc) is 2.65. The number of benzene rings is 2. The summed E-state index contributed by atoms with van der Waals surface area (Å²) in [7, 11) is 0. The van der Waals surface area contributed by atoms with Crippen molar-refractivity contribution in [3.63, 3.8) is 0 Å². The Hall–Kier alpha value is -2.60. The summed E-state index contributed by atoms with van der Waals surface area (Å²) >= 11 is 5.99. The van der Waals surface area contributed by atoms with E-state index in [4.69, 9.17) is 11.6 Å². The van der Waals surface area contributed by atoms with Gasteiger partial charge in [0.25, 0.3) is 0 Å². The Balaban J connectivity index is 1.53. The van der Waals surface area contributed by atoms with Gasteiger partial charge in [-0.2, -0.15) is 0 Å². The van der Waals surface area contributed by atoms with Crippen LogP contribution >= 0.6 is 11.6 Å². The second kappa shape index (κ2) is 8.39. The molecule has 27 heavy (non-hydrogen) atoms. The monoisotopic (exact) mass is 389 g/mol. The normalized spacial score (nSPS) is 14.2. The minimum atomic E-state index is -0.480.